The van der Waals surface area contributed by atoms with Gasteiger partial charge in [0.05, 0.1) is 29.4 Å². The van der Waals surface area contributed by atoms with Crippen LogP contribution in [0.15, 0.2) is 24.5 Å². The lowest BCUT2D eigenvalue weighted by atomic mass is 9.82. The maximum atomic E-state index is 5.79. The van der Waals surface area contributed by atoms with E-state index >= 15 is 0 Å². The monoisotopic (exact) mass is 344 g/mol. The zero-order valence-corrected chi connectivity index (χ0v) is 14.1. The van der Waals surface area contributed by atoms with Gasteiger partial charge in [-0.25, -0.2) is 0 Å². The van der Waals surface area contributed by atoms with Crippen molar-refractivity contribution in [3.8, 4) is 10.4 Å². The first-order chi connectivity index (χ1) is 11.8. The van der Waals surface area contributed by atoms with E-state index in [1.807, 2.05) is 6.20 Å². The van der Waals surface area contributed by atoms with Crippen molar-refractivity contribution in [3.05, 3.63) is 24.5 Å². The zero-order chi connectivity index (χ0) is 16.4. The highest BCUT2D eigenvalue weighted by molar-refractivity contribution is 7.09. The van der Waals surface area contributed by atoms with Crippen LogP contribution in [0.5, 0.6) is 0 Å². The summed E-state index contributed by atoms with van der Waals surface area (Å²) in [5.74, 6) is 0.641. The van der Waals surface area contributed by atoms with Crippen molar-refractivity contribution in [2.24, 2.45) is 11.7 Å². The largest absolute Gasteiger partial charge is 0.382 e. The smallest absolute Gasteiger partial charge is 0.0755 e. The van der Waals surface area contributed by atoms with Crippen LogP contribution in [0, 0.1) is 5.92 Å². The summed E-state index contributed by atoms with van der Waals surface area (Å²) in [6.45, 7) is 2.24. The Hall–Kier alpha value is -2.03. The zero-order valence-electron chi connectivity index (χ0n) is 13.2. The number of hydrogen-bond acceptors (Lipinski definition) is 7. The molecule has 24 heavy (non-hydrogen) atoms. The van der Waals surface area contributed by atoms with Gasteiger partial charge in [-0.05, 0) is 48.0 Å². The summed E-state index contributed by atoms with van der Waals surface area (Å²) in [5.41, 5.74) is 8.90. The molecule has 1 aromatic carbocycles. The first-order valence-electron chi connectivity index (χ1n) is 8.11. The number of rotatable bonds is 7. The molecule has 2 heterocycles. The molecule has 0 saturated heterocycles. The Kier molecular flexibility index (Phi) is 4.42. The van der Waals surface area contributed by atoms with Crippen LogP contribution in [-0.2, 0) is 4.74 Å². The molecule has 1 saturated carbocycles. The van der Waals surface area contributed by atoms with Crippen LogP contribution >= 0.6 is 11.5 Å². The molecule has 0 amide bonds. The van der Waals surface area contributed by atoms with Gasteiger partial charge in [0.2, 0.25) is 0 Å². The number of nitrogens with one attached hydrogen (secondary N) is 2. The molecular weight excluding hydrogens is 324 g/mol. The minimum atomic E-state index is 0.384. The Morgan fingerprint density at radius 1 is 1.33 bits per heavy atom. The second kappa shape index (κ2) is 6.84. The molecule has 2 aromatic heterocycles. The van der Waals surface area contributed by atoms with E-state index in [4.69, 9.17) is 10.5 Å². The van der Waals surface area contributed by atoms with Gasteiger partial charge in [-0.15, -0.1) is 5.10 Å². The SMILES string of the molecule is NC1CC(COCCNc2cc(-c3cnns3)cc3[nH]ncc23)C1. The Bertz CT molecular complexity index is 796. The first-order valence-corrected chi connectivity index (χ1v) is 8.89. The standard InChI is InChI=1S/C16H20N6OS/c17-12-3-10(4-12)9-23-2-1-18-14-5-11(16-8-20-22-24-16)6-15-13(14)7-19-21-15/h5-8,10,12,18H,1-4,9,17H2,(H,19,21). The summed E-state index contributed by atoms with van der Waals surface area (Å²) in [6, 6.07) is 4.56. The number of nitrogens with zero attached hydrogens (tertiary/aromatic N) is 3. The number of hydrogen-bond donors (Lipinski definition) is 3. The van der Waals surface area contributed by atoms with Crippen molar-refractivity contribution >= 4 is 28.1 Å². The highest BCUT2D eigenvalue weighted by Gasteiger charge is 2.25. The number of anilines is 1. The molecule has 0 unspecified atom stereocenters. The normalized spacial score (nSPS) is 20.2. The molecule has 0 bridgehead atoms. The Balaban J connectivity index is 1.38. The quantitative estimate of drug-likeness (QED) is 0.568. The molecule has 7 nitrogen and oxygen atoms in total. The van der Waals surface area contributed by atoms with Gasteiger partial charge in [0.1, 0.15) is 0 Å². The van der Waals surface area contributed by atoms with Gasteiger partial charge in [0.25, 0.3) is 0 Å². The lowest BCUT2D eigenvalue weighted by molar-refractivity contribution is 0.0679. The van der Waals surface area contributed by atoms with E-state index in [2.05, 4.69) is 37.2 Å². The Morgan fingerprint density at radius 2 is 2.25 bits per heavy atom. The van der Waals surface area contributed by atoms with Crippen molar-refractivity contribution < 1.29 is 4.74 Å². The Morgan fingerprint density at radius 3 is 3.04 bits per heavy atom. The average Bonchev–Trinajstić information content (AvgIpc) is 3.23. The van der Waals surface area contributed by atoms with Crippen molar-refractivity contribution in [2.75, 3.05) is 25.1 Å². The first kappa shape index (κ1) is 15.5. The maximum Gasteiger partial charge on any atom is 0.0755 e. The topological polar surface area (TPSA) is 102 Å². The summed E-state index contributed by atoms with van der Waals surface area (Å²) in [4.78, 5) is 1.03. The van der Waals surface area contributed by atoms with Crippen molar-refractivity contribution in [1.82, 2.24) is 19.8 Å². The Labute approximate surface area is 143 Å². The molecule has 4 N–H and O–H groups in total. The van der Waals surface area contributed by atoms with Crippen LogP contribution in [0.1, 0.15) is 12.8 Å². The van der Waals surface area contributed by atoms with E-state index in [-0.39, 0.29) is 0 Å². The van der Waals surface area contributed by atoms with Crippen LogP contribution in [0.25, 0.3) is 21.3 Å². The number of ether oxygens (including phenoxy) is 1. The van der Waals surface area contributed by atoms with E-state index in [1.165, 1.54) is 11.5 Å². The second-order valence-corrected chi connectivity index (χ2v) is 7.02. The molecule has 0 aliphatic heterocycles. The van der Waals surface area contributed by atoms with Gasteiger partial charge in [-0.3, -0.25) is 5.10 Å². The highest BCUT2D eigenvalue weighted by Crippen LogP contribution is 2.31. The van der Waals surface area contributed by atoms with E-state index in [9.17, 15) is 0 Å². The predicted octanol–water partition coefficient (Wildman–Crippen LogP) is 2.25. The molecule has 0 spiro atoms. The molecule has 1 fully saturated rings. The van der Waals surface area contributed by atoms with Crippen LogP contribution in [0.2, 0.25) is 0 Å². The van der Waals surface area contributed by atoms with Crippen LogP contribution in [0.4, 0.5) is 5.69 Å². The molecule has 4 rings (SSSR count). The lowest BCUT2D eigenvalue weighted by Crippen LogP contribution is -2.38. The number of nitrogens with two attached hydrogens (primary N) is 1. The van der Waals surface area contributed by atoms with Gasteiger partial charge in [-0.1, -0.05) is 4.49 Å². The van der Waals surface area contributed by atoms with Crippen LogP contribution in [0.3, 0.4) is 0 Å². The predicted molar refractivity (Wildman–Crippen MR) is 95.0 cm³/mol. The van der Waals surface area contributed by atoms with E-state index < -0.39 is 0 Å². The lowest BCUT2D eigenvalue weighted by Gasteiger charge is -2.32. The van der Waals surface area contributed by atoms with Crippen LogP contribution in [-0.4, -0.2) is 45.6 Å². The average molecular weight is 344 g/mol. The summed E-state index contributed by atoms with van der Waals surface area (Å²) < 4.78 is 9.68. The minimum absolute atomic E-state index is 0.384. The molecule has 8 heteroatoms. The second-order valence-electron chi connectivity index (χ2n) is 6.24. The molecule has 126 valence electrons. The number of aromatic amines is 1. The highest BCUT2D eigenvalue weighted by atomic mass is 32.1. The molecule has 1 aliphatic rings. The maximum absolute atomic E-state index is 5.79. The molecule has 3 aromatic rings. The number of benzene rings is 1. The van der Waals surface area contributed by atoms with E-state index in [0.717, 1.165) is 53.0 Å². The third kappa shape index (κ3) is 3.26. The summed E-state index contributed by atoms with van der Waals surface area (Å²) in [6.07, 6.45) is 5.80. The minimum Gasteiger partial charge on any atom is -0.382 e. The number of aromatic nitrogens is 4. The third-order valence-corrected chi connectivity index (χ3v) is 5.11. The van der Waals surface area contributed by atoms with E-state index in [0.29, 0.717) is 18.6 Å². The van der Waals surface area contributed by atoms with Gasteiger partial charge >= 0.3 is 0 Å². The molecule has 0 atom stereocenters. The molecular formula is C16H20N6OS. The summed E-state index contributed by atoms with van der Waals surface area (Å²) >= 11 is 1.38. The van der Waals surface area contributed by atoms with Gasteiger partial charge in [-0.2, -0.15) is 5.10 Å². The fraction of sp³-hybridized carbons (Fsp3) is 0.438. The fourth-order valence-corrected chi connectivity index (χ4v) is 3.57. The summed E-state index contributed by atoms with van der Waals surface area (Å²) in [7, 11) is 0. The number of fused-ring (bicyclic) bond motifs is 1. The molecule has 1 aliphatic carbocycles. The van der Waals surface area contributed by atoms with Crippen molar-refractivity contribution in [2.45, 2.75) is 18.9 Å². The fourth-order valence-electron chi connectivity index (χ4n) is 3.07. The summed E-state index contributed by atoms with van der Waals surface area (Å²) in [5, 5.41) is 15.6. The van der Waals surface area contributed by atoms with Gasteiger partial charge in [0.15, 0.2) is 0 Å². The van der Waals surface area contributed by atoms with Crippen LogP contribution < -0.4 is 11.1 Å². The van der Waals surface area contributed by atoms with Gasteiger partial charge < -0.3 is 15.8 Å². The van der Waals surface area contributed by atoms with Crippen molar-refractivity contribution in [3.63, 3.8) is 0 Å². The molecule has 0 radical (unpaired) electrons. The van der Waals surface area contributed by atoms with Gasteiger partial charge in [0, 0.05) is 30.3 Å². The van der Waals surface area contributed by atoms with Crippen molar-refractivity contribution in [1.29, 1.82) is 0 Å². The number of H-pyrrole nitrogens is 1. The third-order valence-electron chi connectivity index (χ3n) is 4.39. The van der Waals surface area contributed by atoms with E-state index in [1.54, 1.807) is 6.20 Å².